The van der Waals surface area contributed by atoms with Crippen LogP contribution in [-0.4, -0.2) is 10.6 Å². The maximum absolute atomic E-state index is 2.39. The second-order valence-electron chi connectivity index (χ2n) is 5.64. The van der Waals surface area contributed by atoms with Gasteiger partial charge in [-0.05, 0) is 46.0 Å². The Bertz CT molecular complexity index is 667. The fourth-order valence-electron chi connectivity index (χ4n) is 2.69. The van der Waals surface area contributed by atoms with E-state index in [4.69, 9.17) is 0 Å². The lowest BCUT2D eigenvalue weighted by Crippen LogP contribution is -2.28. The van der Waals surface area contributed by atoms with E-state index >= 15 is 0 Å². The van der Waals surface area contributed by atoms with Crippen molar-refractivity contribution >= 4 is 27.0 Å². The predicted molar refractivity (Wildman–Crippen MR) is 88.2 cm³/mol. The molecule has 92 valence electrons. The van der Waals surface area contributed by atoms with Crippen molar-refractivity contribution in [3.05, 3.63) is 70.4 Å². The summed E-state index contributed by atoms with van der Waals surface area (Å²) in [4.78, 5) is 0. The maximum Gasteiger partial charge on any atom is 0.0234 e. The first kappa shape index (κ1) is 11.6. The third-order valence-electron chi connectivity index (χ3n) is 4.00. The highest BCUT2D eigenvalue weighted by Gasteiger charge is 2.33. The van der Waals surface area contributed by atoms with Crippen molar-refractivity contribution in [1.82, 2.24) is 0 Å². The van der Waals surface area contributed by atoms with E-state index in [0.29, 0.717) is 0 Å². The molecular formula is C17H14P2. The molecule has 4 rings (SSSR count). The zero-order valence-corrected chi connectivity index (χ0v) is 12.8. The largest absolute Gasteiger partial charge is 0.0633 e. The molecule has 0 aromatic rings. The molecule has 0 spiro atoms. The summed E-state index contributed by atoms with van der Waals surface area (Å²) < 4.78 is 0. The van der Waals surface area contributed by atoms with Crippen molar-refractivity contribution in [2.75, 3.05) is 0 Å². The molecule has 2 heteroatoms. The first-order valence-corrected chi connectivity index (χ1v) is 8.33. The van der Waals surface area contributed by atoms with Gasteiger partial charge in [0.25, 0.3) is 0 Å². The molecule has 2 heterocycles. The van der Waals surface area contributed by atoms with Crippen LogP contribution in [0.3, 0.4) is 0 Å². The Kier molecular flexibility index (Phi) is 2.37. The Morgan fingerprint density at radius 3 is 1.68 bits per heavy atom. The van der Waals surface area contributed by atoms with Gasteiger partial charge in [-0.25, -0.2) is 0 Å². The minimum absolute atomic E-state index is 0.154. The van der Waals surface area contributed by atoms with Gasteiger partial charge in [-0.2, -0.15) is 0 Å². The second-order valence-corrected chi connectivity index (χ2v) is 8.01. The fraction of sp³-hybridized carbons (Fsp3) is 0.176. The summed E-state index contributed by atoms with van der Waals surface area (Å²) in [5, 5.41) is 5.99. The summed E-state index contributed by atoms with van der Waals surface area (Å²) in [6.45, 7) is 4.73. The van der Waals surface area contributed by atoms with Gasteiger partial charge >= 0.3 is 0 Å². The van der Waals surface area contributed by atoms with E-state index in [9.17, 15) is 0 Å². The van der Waals surface area contributed by atoms with Crippen molar-refractivity contribution in [3.63, 3.8) is 0 Å². The van der Waals surface area contributed by atoms with Crippen molar-refractivity contribution in [2.24, 2.45) is 5.41 Å². The quantitative estimate of drug-likeness (QED) is 0.622. The number of allylic oxidation sites excluding steroid dienone is 12. The standard InChI is InChI=1S/C17H14P2/c1-17(2,15-9-11-5-3-7-13(11)18-15)16-10-12-6-4-8-14(12)19-16/h3-10H,1-2H3. The summed E-state index contributed by atoms with van der Waals surface area (Å²) in [6, 6.07) is 0. The van der Waals surface area contributed by atoms with E-state index in [1.54, 1.807) is 0 Å². The molecule has 0 atom stereocenters. The first-order chi connectivity index (χ1) is 9.14. The highest BCUT2D eigenvalue weighted by molar-refractivity contribution is 7.50. The molecule has 0 fully saturated rings. The molecule has 0 aromatic carbocycles. The molecule has 2 aliphatic carbocycles. The van der Waals surface area contributed by atoms with Gasteiger partial charge in [0, 0.05) is 16.0 Å². The number of hydrogen-bond acceptors (Lipinski definition) is 0. The molecule has 0 radical (unpaired) electrons. The van der Waals surface area contributed by atoms with Crippen LogP contribution in [0.1, 0.15) is 13.8 Å². The third-order valence-corrected chi connectivity index (χ3v) is 7.15. The van der Waals surface area contributed by atoms with E-state index in [1.807, 2.05) is 0 Å². The Morgan fingerprint density at radius 2 is 1.26 bits per heavy atom. The normalized spacial score (nSPS) is 24.3. The molecule has 0 N–H and O–H groups in total. The van der Waals surface area contributed by atoms with Crippen LogP contribution in [0.2, 0.25) is 0 Å². The van der Waals surface area contributed by atoms with Crippen LogP contribution in [0.15, 0.2) is 70.4 Å². The second kappa shape index (κ2) is 3.89. The van der Waals surface area contributed by atoms with Crippen LogP contribution in [0.25, 0.3) is 0 Å². The average molecular weight is 280 g/mol. The van der Waals surface area contributed by atoms with Crippen molar-refractivity contribution in [3.8, 4) is 0 Å². The molecule has 0 saturated carbocycles. The SMILES string of the molecule is CC(C)(C1=PC2=CC=CC2=C1)C1=PC2=CC=CC2=C1. The predicted octanol–water partition coefficient (Wildman–Crippen LogP) is 5.04. The van der Waals surface area contributed by atoms with Crippen LogP contribution in [0.5, 0.6) is 0 Å². The zero-order valence-electron chi connectivity index (χ0n) is 11.0. The lowest BCUT2D eigenvalue weighted by Gasteiger charge is -2.25. The van der Waals surface area contributed by atoms with Gasteiger partial charge in [-0.3, -0.25) is 0 Å². The van der Waals surface area contributed by atoms with Crippen molar-refractivity contribution in [1.29, 1.82) is 0 Å². The molecule has 2 aliphatic heterocycles. The Morgan fingerprint density at radius 1 is 0.789 bits per heavy atom. The molecule has 0 nitrogen and oxygen atoms in total. The average Bonchev–Trinajstić information content (AvgIpc) is 3.07. The topological polar surface area (TPSA) is 0 Å². The van der Waals surface area contributed by atoms with Gasteiger partial charge in [0.1, 0.15) is 0 Å². The summed E-state index contributed by atoms with van der Waals surface area (Å²) in [5.41, 5.74) is 2.97. The number of hydrogen-bond donors (Lipinski definition) is 0. The lowest BCUT2D eigenvalue weighted by atomic mass is 9.84. The Labute approximate surface area is 117 Å². The molecule has 0 aromatic heterocycles. The Hall–Kier alpha value is -1.22. The minimum Gasteiger partial charge on any atom is -0.0633 e. The van der Waals surface area contributed by atoms with Gasteiger partial charge in [-0.1, -0.05) is 54.6 Å². The van der Waals surface area contributed by atoms with E-state index in [1.165, 1.54) is 48.8 Å². The van der Waals surface area contributed by atoms with Crippen LogP contribution < -0.4 is 0 Å². The van der Waals surface area contributed by atoms with Crippen molar-refractivity contribution in [2.45, 2.75) is 13.8 Å². The monoisotopic (exact) mass is 280 g/mol. The summed E-state index contributed by atoms with van der Waals surface area (Å²) in [7, 11) is 2.78. The molecule has 19 heavy (non-hydrogen) atoms. The van der Waals surface area contributed by atoms with Gasteiger partial charge < -0.3 is 0 Å². The molecular weight excluding hydrogens is 266 g/mol. The first-order valence-electron chi connectivity index (χ1n) is 6.54. The zero-order chi connectivity index (χ0) is 13.0. The molecule has 0 amide bonds. The van der Waals surface area contributed by atoms with E-state index < -0.39 is 0 Å². The van der Waals surface area contributed by atoms with Crippen LogP contribution >= 0.6 is 16.4 Å². The van der Waals surface area contributed by atoms with Crippen LogP contribution in [-0.2, 0) is 0 Å². The third kappa shape index (κ3) is 1.68. The highest BCUT2D eigenvalue weighted by atomic mass is 31.1. The summed E-state index contributed by atoms with van der Waals surface area (Å²) in [6.07, 6.45) is 18.0. The van der Waals surface area contributed by atoms with E-state index in [-0.39, 0.29) is 5.41 Å². The summed E-state index contributed by atoms with van der Waals surface area (Å²) >= 11 is 0. The van der Waals surface area contributed by atoms with E-state index in [0.717, 1.165) is 0 Å². The van der Waals surface area contributed by atoms with E-state index in [2.05, 4.69) is 62.5 Å². The molecule has 0 saturated heterocycles. The number of fused-ring (bicyclic) bond motifs is 2. The van der Waals surface area contributed by atoms with Gasteiger partial charge in [-0.15, -0.1) is 0 Å². The minimum atomic E-state index is 0.154. The fourth-order valence-corrected chi connectivity index (χ4v) is 5.36. The van der Waals surface area contributed by atoms with Gasteiger partial charge in [0.2, 0.25) is 0 Å². The number of rotatable bonds is 2. The maximum atomic E-state index is 2.39. The molecule has 0 bridgehead atoms. The lowest BCUT2D eigenvalue weighted by molar-refractivity contribution is 0.758. The van der Waals surface area contributed by atoms with Crippen LogP contribution in [0.4, 0.5) is 0 Å². The Balaban J connectivity index is 1.73. The summed E-state index contributed by atoms with van der Waals surface area (Å²) in [5.74, 6) is 0. The molecule has 4 aliphatic rings. The van der Waals surface area contributed by atoms with Crippen molar-refractivity contribution < 1.29 is 0 Å². The smallest absolute Gasteiger partial charge is 0.0234 e. The highest BCUT2D eigenvalue weighted by Crippen LogP contribution is 2.46. The van der Waals surface area contributed by atoms with Gasteiger partial charge in [0.15, 0.2) is 0 Å². The van der Waals surface area contributed by atoms with Crippen LogP contribution in [0, 0.1) is 5.41 Å². The molecule has 0 unspecified atom stereocenters. The van der Waals surface area contributed by atoms with Gasteiger partial charge in [0.05, 0.1) is 0 Å².